The number of rotatable bonds is 3. The van der Waals surface area contributed by atoms with E-state index >= 15 is 0 Å². The maximum absolute atomic E-state index is 11.2. The SMILES string of the molecule is CNCC(=O)Nc1c(C)n[nH]c1C.Cl. The largest absolute Gasteiger partial charge is 0.322 e. The van der Waals surface area contributed by atoms with E-state index in [0.717, 1.165) is 17.1 Å². The molecule has 0 saturated heterocycles. The minimum atomic E-state index is -0.0601. The number of hydrogen-bond donors (Lipinski definition) is 3. The Morgan fingerprint density at radius 1 is 1.50 bits per heavy atom. The second-order valence-electron chi connectivity index (χ2n) is 2.89. The summed E-state index contributed by atoms with van der Waals surface area (Å²) >= 11 is 0. The first kappa shape index (κ1) is 12.9. The van der Waals surface area contributed by atoms with Crippen LogP contribution in [-0.2, 0) is 4.79 Å². The second-order valence-corrected chi connectivity index (χ2v) is 2.89. The van der Waals surface area contributed by atoms with Crippen molar-refractivity contribution < 1.29 is 4.79 Å². The number of likely N-dealkylation sites (N-methyl/N-ethyl adjacent to an activating group) is 1. The highest BCUT2D eigenvalue weighted by Gasteiger charge is 2.08. The molecule has 5 nitrogen and oxygen atoms in total. The Morgan fingerprint density at radius 3 is 2.57 bits per heavy atom. The third-order valence-electron chi connectivity index (χ3n) is 1.73. The number of aromatic nitrogens is 2. The van der Waals surface area contributed by atoms with Crippen LogP contribution in [0.15, 0.2) is 0 Å². The number of nitrogens with zero attached hydrogens (tertiary/aromatic N) is 1. The summed E-state index contributed by atoms with van der Waals surface area (Å²) in [6, 6.07) is 0. The van der Waals surface area contributed by atoms with Crippen molar-refractivity contribution in [2.75, 3.05) is 18.9 Å². The van der Waals surface area contributed by atoms with Gasteiger partial charge in [0.15, 0.2) is 0 Å². The lowest BCUT2D eigenvalue weighted by Gasteiger charge is -2.03. The maximum Gasteiger partial charge on any atom is 0.238 e. The molecule has 1 aromatic heterocycles. The molecule has 0 unspecified atom stereocenters. The fraction of sp³-hybridized carbons (Fsp3) is 0.500. The third-order valence-corrected chi connectivity index (χ3v) is 1.73. The van der Waals surface area contributed by atoms with Gasteiger partial charge in [-0.2, -0.15) is 5.10 Å². The zero-order chi connectivity index (χ0) is 9.84. The molecular formula is C8H15ClN4O. The van der Waals surface area contributed by atoms with E-state index in [9.17, 15) is 4.79 Å². The molecule has 14 heavy (non-hydrogen) atoms. The monoisotopic (exact) mass is 218 g/mol. The molecule has 6 heteroatoms. The average molecular weight is 219 g/mol. The topological polar surface area (TPSA) is 69.8 Å². The summed E-state index contributed by atoms with van der Waals surface area (Å²) < 4.78 is 0. The van der Waals surface area contributed by atoms with Crippen LogP contribution < -0.4 is 10.6 Å². The first-order chi connectivity index (χ1) is 6.15. The Hall–Kier alpha value is -1.07. The summed E-state index contributed by atoms with van der Waals surface area (Å²) in [5.41, 5.74) is 2.46. The minimum absolute atomic E-state index is 0. The Labute approximate surface area is 89.1 Å². The maximum atomic E-state index is 11.2. The van der Waals surface area contributed by atoms with Crippen LogP contribution in [0.3, 0.4) is 0 Å². The molecule has 0 atom stereocenters. The smallest absolute Gasteiger partial charge is 0.238 e. The highest BCUT2D eigenvalue weighted by atomic mass is 35.5. The van der Waals surface area contributed by atoms with Crippen LogP contribution in [0.4, 0.5) is 5.69 Å². The van der Waals surface area contributed by atoms with Gasteiger partial charge in [0.25, 0.3) is 0 Å². The van der Waals surface area contributed by atoms with Gasteiger partial charge >= 0.3 is 0 Å². The van der Waals surface area contributed by atoms with E-state index in [0.29, 0.717) is 6.54 Å². The first-order valence-corrected chi connectivity index (χ1v) is 4.11. The van der Waals surface area contributed by atoms with E-state index in [-0.39, 0.29) is 18.3 Å². The van der Waals surface area contributed by atoms with Crippen molar-refractivity contribution in [2.24, 2.45) is 0 Å². The first-order valence-electron chi connectivity index (χ1n) is 4.11. The summed E-state index contributed by atoms with van der Waals surface area (Å²) in [4.78, 5) is 11.2. The van der Waals surface area contributed by atoms with Crippen LogP contribution in [-0.4, -0.2) is 29.7 Å². The zero-order valence-electron chi connectivity index (χ0n) is 8.47. The average Bonchev–Trinajstić information content (AvgIpc) is 2.36. The molecule has 1 aromatic rings. The predicted octanol–water partition coefficient (Wildman–Crippen LogP) is 0.606. The Bertz CT molecular complexity index is 291. The standard InChI is InChI=1S/C8H14N4O.ClH/c1-5-8(6(2)12-11-5)10-7(13)4-9-3;/h9H,4H2,1-3H3,(H,10,13)(H,11,12);1H. The lowest BCUT2D eigenvalue weighted by Crippen LogP contribution is -2.25. The molecule has 0 fully saturated rings. The van der Waals surface area contributed by atoms with Crippen LogP contribution in [0.25, 0.3) is 0 Å². The van der Waals surface area contributed by atoms with Crippen LogP contribution in [0.5, 0.6) is 0 Å². The van der Waals surface area contributed by atoms with Gasteiger partial charge in [-0.15, -0.1) is 12.4 Å². The molecule has 1 amide bonds. The quantitative estimate of drug-likeness (QED) is 0.696. The number of anilines is 1. The number of H-pyrrole nitrogens is 1. The number of hydrogen-bond acceptors (Lipinski definition) is 3. The van der Waals surface area contributed by atoms with E-state index in [1.54, 1.807) is 7.05 Å². The number of carbonyl (C=O) groups is 1. The summed E-state index contributed by atoms with van der Waals surface area (Å²) in [5.74, 6) is -0.0601. The number of nitrogens with one attached hydrogen (secondary N) is 3. The normalized spacial score (nSPS) is 9.36. The molecule has 0 aliphatic heterocycles. The molecule has 0 bridgehead atoms. The molecule has 3 N–H and O–H groups in total. The van der Waals surface area contributed by atoms with Gasteiger partial charge in [-0.25, -0.2) is 0 Å². The highest BCUT2D eigenvalue weighted by Crippen LogP contribution is 2.15. The van der Waals surface area contributed by atoms with Crippen LogP contribution >= 0.6 is 12.4 Å². The number of aryl methyl sites for hydroxylation is 2. The Kier molecular flexibility index (Phi) is 5.19. The van der Waals surface area contributed by atoms with Crippen LogP contribution in [0.1, 0.15) is 11.4 Å². The molecule has 0 aromatic carbocycles. The number of halogens is 1. The molecule has 0 aliphatic carbocycles. The number of carbonyl (C=O) groups excluding carboxylic acids is 1. The lowest BCUT2D eigenvalue weighted by molar-refractivity contribution is -0.115. The summed E-state index contributed by atoms with van der Waals surface area (Å²) in [5, 5.41) is 12.3. The third kappa shape index (κ3) is 3.01. The molecule has 1 rings (SSSR count). The Balaban J connectivity index is 0.00000169. The second kappa shape index (κ2) is 5.62. The summed E-state index contributed by atoms with van der Waals surface area (Å²) in [6.07, 6.45) is 0. The van der Waals surface area contributed by atoms with Crippen molar-refractivity contribution in [2.45, 2.75) is 13.8 Å². The molecule has 0 spiro atoms. The van der Waals surface area contributed by atoms with Gasteiger partial charge in [0, 0.05) is 0 Å². The molecule has 1 heterocycles. The highest BCUT2D eigenvalue weighted by molar-refractivity contribution is 5.93. The van der Waals surface area contributed by atoms with Gasteiger partial charge in [-0.1, -0.05) is 0 Å². The fourth-order valence-corrected chi connectivity index (χ4v) is 1.08. The van der Waals surface area contributed by atoms with Crippen molar-refractivity contribution in [3.05, 3.63) is 11.4 Å². The van der Waals surface area contributed by atoms with Gasteiger partial charge < -0.3 is 10.6 Å². The molecule has 80 valence electrons. The van der Waals surface area contributed by atoms with Crippen molar-refractivity contribution >= 4 is 24.0 Å². The van der Waals surface area contributed by atoms with Gasteiger partial charge in [0.05, 0.1) is 23.6 Å². The van der Waals surface area contributed by atoms with Crippen LogP contribution in [0, 0.1) is 13.8 Å². The van der Waals surface area contributed by atoms with E-state index in [4.69, 9.17) is 0 Å². The fourth-order valence-electron chi connectivity index (χ4n) is 1.08. The summed E-state index contributed by atoms with van der Waals surface area (Å²) in [7, 11) is 1.73. The van der Waals surface area contributed by atoms with Crippen molar-refractivity contribution in [3.8, 4) is 0 Å². The molecule has 0 saturated carbocycles. The van der Waals surface area contributed by atoms with Crippen molar-refractivity contribution in [1.29, 1.82) is 0 Å². The molecular weight excluding hydrogens is 204 g/mol. The number of aromatic amines is 1. The van der Waals surface area contributed by atoms with Crippen molar-refractivity contribution in [3.63, 3.8) is 0 Å². The van der Waals surface area contributed by atoms with Gasteiger partial charge in [-0.3, -0.25) is 9.89 Å². The van der Waals surface area contributed by atoms with Gasteiger partial charge in [0.2, 0.25) is 5.91 Å². The molecule has 0 aliphatic rings. The van der Waals surface area contributed by atoms with Crippen LogP contribution in [0.2, 0.25) is 0 Å². The van der Waals surface area contributed by atoms with Gasteiger partial charge in [-0.05, 0) is 20.9 Å². The van der Waals surface area contributed by atoms with E-state index in [1.165, 1.54) is 0 Å². The molecule has 0 radical (unpaired) electrons. The van der Waals surface area contributed by atoms with Crippen molar-refractivity contribution in [1.82, 2.24) is 15.5 Å². The summed E-state index contributed by atoms with van der Waals surface area (Å²) in [6.45, 7) is 4.03. The lowest BCUT2D eigenvalue weighted by atomic mass is 10.3. The van der Waals surface area contributed by atoms with E-state index < -0.39 is 0 Å². The van der Waals surface area contributed by atoms with Gasteiger partial charge in [0.1, 0.15) is 0 Å². The Morgan fingerprint density at radius 2 is 2.14 bits per heavy atom. The van der Waals surface area contributed by atoms with E-state index in [2.05, 4.69) is 20.8 Å². The zero-order valence-corrected chi connectivity index (χ0v) is 9.29. The number of amides is 1. The minimum Gasteiger partial charge on any atom is -0.322 e. The van der Waals surface area contributed by atoms with E-state index in [1.807, 2.05) is 13.8 Å². The predicted molar refractivity (Wildman–Crippen MR) is 57.9 cm³/mol.